The standard InChI is InChI=1S/C12H18ClN3O/c1-17-9-8-15-4-6-16(7-5-15)12-2-3-14-10-11(12)13/h2-3,10H,4-9H2,1H3. The van der Waals surface area contributed by atoms with Gasteiger partial charge in [0.15, 0.2) is 0 Å². The highest BCUT2D eigenvalue weighted by Crippen LogP contribution is 2.24. The SMILES string of the molecule is COCCN1CCN(c2ccncc2Cl)CC1. The van der Waals surface area contributed by atoms with Crippen molar-refractivity contribution in [3.8, 4) is 0 Å². The average Bonchev–Trinajstić information content (AvgIpc) is 2.38. The summed E-state index contributed by atoms with van der Waals surface area (Å²) in [5, 5.41) is 0.734. The molecular weight excluding hydrogens is 238 g/mol. The maximum absolute atomic E-state index is 6.14. The number of ether oxygens (including phenoxy) is 1. The number of methoxy groups -OCH3 is 1. The van der Waals surface area contributed by atoms with Crippen molar-refractivity contribution in [3.05, 3.63) is 23.5 Å². The van der Waals surface area contributed by atoms with E-state index in [1.807, 2.05) is 6.07 Å². The summed E-state index contributed by atoms with van der Waals surface area (Å²) in [5.41, 5.74) is 1.09. The number of nitrogens with zero attached hydrogens (tertiary/aromatic N) is 3. The molecule has 0 saturated carbocycles. The molecule has 1 aliphatic rings. The number of halogens is 1. The summed E-state index contributed by atoms with van der Waals surface area (Å²) < 4.78 is 5.09. The minimum absolute atomic E-state index is 0.734. The van der Waals surface area contributed by atoms with Crippen LogP contribution in [-0.4, -0.2) is 56.3 Å². The fourth-order valence-electron chi connectivity index (χ4n) is 2.06. The van der Waals surface area contributed by atoms with Crippen molar-refractivity contribution in [2.24, 2.45) is 0 Å². The Hall–Kier alpha value is -0.840. The average molecular weight is 256 g/mol. The summed E-state index contributed by atoms with van der Waals surface area (Å²) in [6, 6.07) is 1.98. The number of hydrogen-bond donors (Lipinski definition) is 0. The van der Waals surface area contributed by atoms with Gasteiger partial charge >= 0.3 is 0 Å². The van der Waals surface area contributed by atoms with E-state index in [-0.39, 0.29) is 0 Å². The van der Waals surface area contributed by atoms with Crippen molar-refractivity contribution >= 4 is 17.3 Å². The summed E-state index contributed by atoms with van der Waals surface area (Å²) in [6.45, 7) is 5.94. The van der Waals surface area contributed by atoms with E-state index in [1.165, 1.54) is 0 Å². The largest absolute Gasteiger partial charge is 0.383 e. The molecule has 0 radical (unpaired) electrons. The lowest BCUT2D eigenvalue weighted by atomic mass is 10.2. The smallest absolute Gasteiger partial charge is 0.0822 e. The molecule has 1 aromatic heterocycles. The van der Waals surface area contributed by atoms with Crippen LogP contribution in [0.2, 0.25) is 5.02 Å². The van der Waals surface area contributed by atoms with Gasteiger partial charge in [0.1, 0.15) is 0 Å². The first-order valence-electron chi connectivity index (χ1n) is 5.87. The van der Waals surface area contributed by atoms with Gasteiger partial charge in [0.05, 0.1) is 17.3 Å². The fourth-order valence-corrected chi connectivity index (χ4v) is 2.30. The highest BCUT2D eigenvalue weighted by molar-refractivity contribution is 6.33. The van der Waals surface area contributed by atoms with E-state index in [0.717, 1.165) is 50.0 Å². The maximum atomic E-state index is 6.14. The van der Waals surface area contributed by atoms with E-state index in [1.54, 1.807) is 19.5 Å². The van der Waals surface area contributed by atoms with E-state index in [2.05, 4.69) is 14.8 Å². The highest BCUT2D eigenvalue weighted by Gasteiger charge is 2.18. The third kappa shape index (κ3) is 3.31. The Labute approximate surface area is 107 Å². The Morgan fingerprint density at radius 3 is 2.76 bits per heavy atom. The minimum atomic E-state index is 0.734. The second-order valence-corrected chi connectivity index (χ2v) is 4.56. The molecule has 1 fully saturated rings. The lowest BCUT2D eigenvalue weighted by Crippen LogP contribution is -2.47. The van der Waals surface area contributed by atoms with Crippen molar-refractivity contribution in [3.63, 3.8) is 0 Å². The molecule has 0 bridgehead atoms. The van der Waals surface area contributed by atoms with Gasteiger partial charge in [0.2, 0.25) is 0 Å². The quantitative estimate of drug-likeness (QED) is 0.815. The maximum Gasteiger partial charge on any atom is 0.0822 e. The van der Waals surface area contributed by atoms with E-state index in [9.17, 15) is 0 Å². The van der Waals surface area contributed by atoms with E-state index in [4.69, 9.17) is 16.3 Å². The summed E-state index contributed by atoms with van der Waals surface area (Å²) >= 11 is 6.14. The first-order chi connectivity index (χ1) is 8.31. The molecule has 94 valence electrons. The second-order valence-electron chi connectivity index (χ2n) is 4.15. The van der Waals surface area contributed by atoms with Gasteiger partial charge in [0, 0.05) is 52.2 Å². The van der Waals surface area contributed by atoms with E-state index in [0.29, 0.717) is 0 Å². The first-order valence-corrected chi connectivity index (χ1v) is 6.25. The van der Waals surface area contributed by atoms with Crippen molar-refractivity contribution < 1.29 is 4.74 Å². The predicted octanol–water partition coefficient (Wildman–Crippen LogP) is 1.50. The Morgan fingerprint density at radius 2 is 2.12 bits per heavy atom. The molecule has 0 amide bonds. The molecule has 0 aliphatic carbocycles. The predicted molar refractivity (Wildman–Crippen MR) is 69.8 cm³/mol. The Morgan fingerprint density at radius 1 is 1.35 bits per heavy atom. The molecule has 1 saturated heterocycles. The van der Waals surface area contributed by atoms with Crippen LogP contribution in [0.5, 0.6) is 0 Å². The van der Waals surface area contributed by atoms with Crippen LogP contribution in [0, 0.1) is 0 Å². The minimum Gasteiger partial charge on any atom is -0.383 e. The van der Waals surface area contributed by atoms with Gasteiger partial charge in [-0.2, -0.15) is 0 Å². The van der Waals surface area contributed by atoms with Crippen LogP contribution in [0.25, 0.3) is 0 Å². The van der Waals surface area contributed by atoms with Crippen LogP contribution >= 0.6 is 11.6 Å². The normalized spacial score (nSPS) is 17.4. The lowest BCUT2D eigenvalue weighted by Gasteiger charge is -2.36. The van der Waals surface area contributed by atoms with Crippen molar-refractivity contribution in [2.45, 2.75) is 0 Å². The number of piperazine rings is 1. The van der Waals surface area contributed by atoms with E-state index >= 15 is 0 Å². The zero-order valence-electron chi connectivity index (χ0n) is 10.1. The van der Waals surface area contributed by atoms with Gasteiger partial charge < -0.3 is 9.64 Å². The summed E-state index contributed by atoms with van der Waals surface area (Å²) in [5.74, 6) is 0. The van der Waals surface area contributed by atoms with Crippen LogP contribution in [0.1, 0.15) is 0 Å². The van der Waals surface area contributed by atoms with Crippen LogP contribution in [-0.2, 0) is 4.74 Å². The molecule has 17 heavy (non-hydrogen) atoms. The van der Waals surface area contributed by atoms with Crippen LogP contribution in [0.4, 0.5) is 5.69 Å². The molecule has 5 heteroatoms. The summed E-state index contributed by atoms with van der Waals surface area (Å²) in [6.07, 6.45) is 3.49. The molecule has 2 heterocycles. The molecule has 1 aliphatic heterocycles. The summed E-state index contributed by atoms with van der Waals surface area (Å²) in [4.78, 5) is 8.73. The number of anilines is 1. The molecule has 2 rings (SSSR count). The van der Waals surface area contributed by atoms with Crippen molar-refractivity contribution in [1.82, 2.24) is 9.88 Å². The number of hydrogen-bond acceptors (Lipinski definition) is 4. The highest BCUT2D eigenvalue weighted by atomic mass is 35.5. The van der Waals surface area contributed by atoms with Gasteiger partial charge in [-0.3, -0.25) is 9.88 Å². The van der Waals surface area contributed by atoms with Gasteiger partial charge in [0.25, 0.3) is 0 Å². The molecule has 0 unspecified atom stereocenters. The zero-order valence-corrected chi connectivity index (χ0v) is 10.9. The topological polar surface area (TPSA) is 28.6 Å². The first kappa shape index (κ1) is 12.6. The molecule has 0 spiro atoms. The Kier molecular flexibility index (Phi) is 4.59. The molecule has 0 aromatic carbocycles. The van der Waals surface area contributed by atoms with Gasteiger partial charge in [-0.15, -0.1) is 0 Å². The molecular formula is C12H18ClN3O. The van der Waals surface area contributed by atoms with Gasteiger partial charge in [-0.25, -0.2) is 0 Å². The fraction of sp³-hybridized carbons (Fsp3) is 0.583. The second kappa shape index (κ2) is 6.19. The molecule has 1 aromatic rings. The number of aromatic nitrogens is 1. The zero-order chi connectivity index (χ0) is 12.1. The summed E-state index contributed by atoms with van der Waals surface area (Å²) in [7, 11) is 1.74. The third-order valence-corrected chi connectivity index (χ3v) is 3.37. The van der Waals surface area contributed by atoms with Gasteiger partial charge in [-0.1, -0.05) is 11.6 Å². The Balaban J connectivity index is 1.89. The molecule has 0 N–H and O–H groups in total. The number of pyridine rings is 1. The number of rotatable bonds is 4. The monoisotopic (exact) mass is 255 g/mol. The molecule has 0 atom stereocenters. The van der Waals surface area contributed by atoms with Crippen LogP contribution in [0.3, 0.4) is 0 Å². The van der Waals surface area contributed by atoms with Crippen molar-refractivity contribution in [2.75, 3.05) is 51.3 Å². The Bertz CT molecular complexity index is 353. The molecule has 4 nitrogen and oxygen atoms in total. The van der Waals surface area contributed by atoms with Gasteiger partial charge in [-0.05, 0) is 6.07 Å². The van der Waals surface area contributed by atoms with Crippen molar-refractivity contribution in [1.29, 1.82) is 0 Å². The van der Waals surface area contributed by atoms with Crippen LogP contribution in [0.15, 0.2) is 18.5 Å². The lowest BCUT2D eigenvalue weighted by molar-refractivity contribution is 0.144. The third-order valence-electron chi connectivity index (χ3n) is 3.08. The van der Waals surface area contributed by atoms with Crippen LogP contribution < -0.4 is 4.90 Å². The van der Waals surface area contributed by atoms with E-state index < -0.39 is 0 Å².